The van der Waals surface area contributed by atoms with Gasteiger partial charge in [0.1, 0.15) is 12.1 Å². The molecule has 0 N–H and O–H groups in total. The Morgan fingerprint density at radius 3 is 2.25 bits per heavy atom. The fourth-order valence-electron chi connectivity index (χ4n) is 3.60. The van der Waals surface area contributed by atoms with Crippen LogP contribution in [0.5, 0.6) is 0 Å². The Morgan fingerprint density at radius 1 is 0.906 bits per heavy atom. The molecule has 0 aliphatic carbocycles. The fraction of sp³-hybridized carbons (Fsp3) is 0.286. The molecule has 2 amide bonds. The fourth-order valence-corrected chi connectivity index (χ4v) is 3.60. The van der Waals surface area contributed by atoms with Gasteiger partial charge in [0, 0.05) is 26.2 Å². The molecule has 2 aromatic carbocycles. The maximum absolute atomic E-state index is 13.2. The average Bonchev–Trinajstić information content (AvgIpc) is 2.80. The lowest BCUT2D eigenvalue weighted by molar-refractivity contribution is -0.138. The van der Waals surface area contributed by atoms with Gasteiger partial charge in [-0.05, 0) is 24.3 Å². The van der Waals surface area contributed by atoms with Crippen molar-refractivity contribution < 1.29 is 22.8 Å². The maximum Gasteiger partial charge on any atom is 0.417 e. The van der Waals surface area contributed by atoms with Crippen LogP contribution in [0.1, 0.15) is 15.9 Å². The van der Waals surface area contributed by atoms with Gasteiger partial charge in [0.25, 0.3) is 11.5 Å². The van der Waals surface area contributed by atoms with Gasteiger partial charge < -0.3 is 9.80 Å². The summed E-state index contributed by atoms with van der Waals surface area (Å²) in [5, 5.41) is 8.07. The Hall–Kier alpha value is -3.76. The van der Waals surface area contributed by atoms with Crippen LogP contribution in [0.15, 0.2) is 53.3 Å². The molecule has 166 valence electrons. The van der Waals surface area contributed by atoms with Crippen molar-refractivity contribution >= 4 is 22.7 Å². The molecule has 1 fully saturated rings. The third-order valence-electron chi connectivity index (χ3n) is 5.30. The Morgan fingerprint density at radius 2 is 1.53 bits per heavy atom. The molecule has 1 aromatic heterocycles. The second-order valence-electron chi connectivity index (χ2n) is 7.29. The quantitative estimate of drug-likeness (QED) is 0.614. The number of fused-ring (bicyclic) bond motifs is 1. The smallest absolute Gasteiger partial charge is 0.338 e. The summed E-state index contributed by atoms with van der Waals surface area (Å²) in [4.78, 5) is 40.5. The largest absolute Gasteiger partial charge is 0.417 e. The van der Waals surface area contributed by atoms with Crippen molar-refractivity contribution in [2.75, 3.05) is 26.2 Å². The molecule has 1 saturated heterocycles. The molecule has 8 nitrogen and oxygen atoms in total. The number of amides is 2. The summed E-state index contributed by atoms with van der Waals surface area (Å²) >= 11 is 0. The molecule has 0 radical (unpaired) electrons. The lowest BCUT2D eigenvalue weighted by Gasteiger charge is -2.35. The number of hydrogen-bond acceptors (Lipinski definition) is 5. The Labute approximate surface area is 179 Å². The van der Waals surface area contributed by atoms with Crippen LogP contribution in [0.3, 0.4) is 0 Å². The average molecular weight is 445 g/mol. The zero-order valence-electron chi connectivity index (χ0n) is 16.7. The Balaban J connectivity index is 1.42. The van der Waals surface area contributed by atoms with Crippen molar-refractivity contribution in [2.24, 2.45) is 0 Å². The highest BCUT2D eigenvalue weighted by Crippen LogP contribution is 2.32. The Bertz CT molecular complexity index is 1230. The van der Waals surface area contributed by atoms with E-state index in [0.717, 1.165) is 16.8 Å². The Kier molecular flexibility index (Phi) is 5.64. The highest BCUT2D eigenvalue weighted by molar-refractivity contribution is 5.96. The third kappa shape index (κ3) is 4.18. The highest BCUT2D eigenvalue weighted by atomic mass is 19.4. The summed E-state index contributed by atoms with van der Waals surface area (Å²) in [6.45, 7) is 0.106. The summed E-state index contributed by atoms with van der Waals surface area (Å²) in [6.07, 6.45) is -4.64. The topological polar surface area (TPSA) is 88.4 Å². The zero-order chi connectivity index (χ0) is 22.9. The van der Waals surface area contributed by atoms with Crippen molar-refractivity contribution in [1.82, 2.24) is 24.8 Å². The van der Waals surface area contributed by atoms with Crippen LogP contribution in [0.2, 0.25) is 0 Å². The number of carbonyl (C=O) groups excluding carboxylic acids is 2. The van der Waals surface area contributed by atoms with Crippen molar-refractivity contribution in [3.8, 4) is 0 Å². The van der Waals surface area contributed by atoms with Gasteiger partial charge in [-0.2, -0.15) is 13.2 Å². The standard InChI is InChI=1S/C21H18F3N5O3/c22-21(23,24)16-7-3-1-5-14(16)19(31)28-11-9-27(10-12-28)18(30)13-29-20(32)15-6-2-4-8-17(15)25-26-29/h1-8H,9-13H2. The summed E-state index contributed by atoms with van der Waals surface area (Å²) in [5.74, 6) is -1.12. The van der Waals surface area contributed by atoms with Crippen molar-refractivity contribution in [3.05, 3.63) is 70.0 Å². The van der Waals surface area contributed by atoms with E-state index in [0.29, 0.717) is 10.9 Å². The minimum Gasteiger partial charge on any atom is -0.338 e. The molecule has 1 aliphatic heterocycles. The van der Waals surface area contributed by atoms with E-state index in [1.807, 2.05) is 0 Å². The first-order valence-electron chi connectivity index (χ1n) is 9.81. The van der Waals surface area contributed by atoms with Crippen molar-refractivity contribution in [1.29, 1.82) is 0 Å². The van der Waals surface area contributed by atoms with Crippen molar-refractivity contribution in [2.45, 2.75) is 12.7 Å². The molecule has 11 heteroatoms. The summed E-state index contributed by atoms with van der Waals surface area (Å²) in [5.41, 5.74) is -1.43. The van der Waals surface area contributed by atoms with E-state index in [1.165, 1.54) is 21.9 Å². The van der Waals surface area contributed by atoms with Gasteiger partial charge in [-0.3, -0.25) is 14.4 Å². The summed E-state index contributed by atoms with van der Waals surface area (Å²) < 4.78 is 40.6. The highest BCUT2D eigenvalue weighted by Gasteiger charge is 2.36. The second-order valence-corrected chi connectivity index (χ2v) is 7.29. The molecule has 32 heavy (non-hydrogen) atoms. The second kappa shape index (κ2) is 8.40. The van der Waals surface area contributed by atoms with Gasteiger partial charge in [0.15, 0.2) is 0 Å². The van der Waals surface area contributed by atoms with Gasteiger partial charge in [-0.1, -0.05) is 29.5 Å². The minimum absolute atomic E-state index is 0.0784. The summed E-state index contributed by atoms with van der Waals surface area (Å²) in [6, 6.07) is 11.3. The van der Waals surface area contributed by atoms with Gasteiger partial charge >= 0.3 is 6.18 Å². The zero-order valence-corrected chi connectivity index (χ0v) is 16.7. The molecule has 0 spiro atoms. The molecule has 0 bridgehead atoms. The molecule has 0 unspecified atom stereocenters. The van der Waals surface area contributed by atoms with E-state index in [4.69, 9.17) is 0 Å². The lowest BCUT2D eigenvalue weighted by atomic mass is 10.1. The van der Waals surface area contributed by atoms with Crippen LogP contribution in [-0.2, 0) is 17.5 Å². The first-order chi connectivity index (χ1) is 15.3. The molecular formula is C21H18F3N5O3. The normalized spacial score (nSPS) is 14.6. The summed E-state index contributed by atoms with van der Waals surface area (Å²) in [7, 11) is 0. The van der Waals surface area contributed by atoms with Crippen LogP contribution >= 0.6 is 0 Å². The minimum atomic E-state index is -4.64. The molecular weight excluding hydrogens is 427 g/mol. The van der Waals surface area contributed by atoms with Gasteiger partial charge in [-0.25, -0.2) is 4.68 Å². The van der Waals surface area contributed by atoms with E-state index < -0.39 is 28.8 Å². The first kappa shape index (κ1) is 21.5. The number of hydrogen-bond donors (Lipinski definition) is 0. The number of piperazine rings is 1. The van der Waals surface area contributed by atoms with E-state index in [-0.39, 0.29) is 38.6 Å². The predicted molar refractivity (Wildman–Crippen MR) is 108 cm³/mol. The molecule has 4 rings (SSSR count). The van der Waals surface area contributed by atoms with Crippen molar-refractivity contribution in [3.63, 3.8) is 0 Å². The van der Waals surface area contributed by atoms with Crippen LogP contribution in [0, 0.1) is 0 Å². The van der Waals surface area contributed by atoms with Gasteiger partial charge in [0.2, 0.25) is 5.91 Å². The SMILES string of the molecule is O=C(Cn1nnc2ccccc2c1=O)N1CCN(C(=O)c2ccccc2C(F)(F)F)CC1. The number of carbonyl (C=O) groups is 2. The van der Waals surface area contributed by atoms with Gasteiger partial charge in [-0.15, -0.1) is 5.10 Å². The lowest BCUT2D eigenvalue weighted by Crippen LogP contribution is -2.52. The molecule has 3 aromatic rings. The van der Waals surface area contributed by atoms with Crippen LogP contribution in [0.4, 0.5) is 13.2 Å². The molecule has 2 heterocycles. The maximum atomic E-state index is 13.2. The number of rotatable bonds is 3. The number of halogens is 3. The first-order valence-corrected chi connectivity index (χ1v) is 9.81. The van der Waals surface area contributed by atoms with Crippen LogP contribution < -0.4 is 5.56 Å². The monoisotopic (exact) mass is 445 g/mol. The van der Waals surface area contributed by atoms with E-state index >= 15 is 0 Å². The van der Waals surface area contributed by atoms with E-state index in [9.17, 15) is 27.6 Å². The number of benzene rings is 2. The number of aromatic nitrogens is 3. The molecule has 1 aliphatic rings. The number of alkyl halides is 3. The van der Waals surface area contributed by atoms with Crippen LogP contribution in [-0.4, -0.2) is 62.8 Å². The predicted octanol–water partition coefficient (Wildman–Crippen LogP) is 1.79. The molecule has 0 saturated carbocycles. The van der Waals surface area contributed by atoms with Gasteiger partial charge in [0.05, 0.1) is 16.5 Å². The van der Waals surface area contributed by atoms with E-state index in [2.05, 4.69) is 10.3 Å². The van der Waals surface area contributed by atoms with E-state index in [1.54, 1.807) is 24.3 Å². The number of nitrogens with zero attached hydrogens (tertiary/aromatic N) is 5. The molecule has 0 atom stereocenters. The van der Waals surface area contributed by atoms with Crippen LogP contribution in [0.25, 0.3) is 10.9 Å². The third-order valence-corrected chi connectivity index (χ3v) is 5.30.